The first-order valence-corrected chi connectivity index (χ1v) is 9.81. The van der Waals surface area contributed by atoms with E-state index in [4.69, 9.17) is 14.2 Å². The van der Waals surface area contributed by atoms with E-state index in [2.05, 4.69) is 27.7 Å². The minimum atomic E-state index is -0.293. The lowest BCUT2D eigenvalue weighted by molar-refractivity contribution is -0.0830. The predicted molar refractivity (Wildman–Crippen MR) is 80.2 cm³/mol. The molecule has 112 valence electrons. The van der Waals surface area contributed by atoms with Gasteiger partial charge in [-0.15, -0.1) is 0 Å². The van der Waals surface area contributed by atoms with Crippen LogP contribution in [0.5, 0.6) is 0 Å². The van der Waals surface area contributed by atoms with Crippen molar-refractivity contribution >= 4 is 9.52 Å². The quantitative estimate of drug-likeness (QED) is 0.390. The van der Waals surface area contributed by atoms with Crippen molar-refractivity contribution in [2.24, 2.45) is 11.8 Å². The normalized spacial score (nSPS) is 35.8. The summed E-state index contributed by atoms with van der Waals surface area (Å²) in [5.74, 6) is 1.80. The van der Waals surface area contributed by atoms with Crippen molar-refractivity contribution in [1.29, 1.82) is 0 Å². The molecule has 0 aromatic carbocycles. The molecule has 2 rings (SSSR count). The molecule has 1 aliphatic heterocycles. The molecule has 0 bridgehead atoms. The minimum Gasteiger partial charge on any atom is -0.366 e. The maximum atomic E-state index is 5.81. The van der Waals surface area contributed by atoms with Crippen molar-refractivity contribution in [2.75, 3.05) is 13.2 Å². The Balaban J connectivity index is 1.70. The van der Waals surface area contributed by atoms with Crippen molar-refractivity contribution in [3.8, 4) is 0 Å². The first-order chi connectivity index (χ1) is 9.09. The highest BCUT2D eigenvalue weighted by molar-refractivity contribution is 6.36. The molecule has 0 aromatic rings. The lowest BCUT2D eigenvalue weighted by Crippen LogP contribution is -2.29. The van der Waals surface area contributed by atoms with Gasteiger partial charge in [-0.1, -0.05) is 13.0 Å². The molecule has 0 amide bonds. The summed E-state index contributed by atoms with van der Waals surface area (Å²) in [5.41, 5.74) is 0.257. The molecule has 1 saturated heterocycles. The Morgan fingerprint density at radius 2 is 2.00 bits per heavy atom. The molecule has 2 fully saturated rings. The van der Waals surface area contributed by atoms with E-state index in [-0.39, 0.29) is 21.0 Å². The fourth-order valence-electron chi connectivity index (χ4n) is 3.41. The summed E-state index contributed by atoms with van der Waals surface area (Å²) in [4.78, 5) is 0. The highest BCUT2D eigenvalue weighted by atomic mass is 28.2. The highest BCUT2D eigenvalue weighted by Crippen LogP contribution is 2.51. The van der Waals surface area contributed by atoms with E-state index in [1.807, 2.05) is 0 Å². The van der Waals surface area contributed by atoms with Gasteiger partial charge in [-0.05, 0) is 51.9 Å². The first kappa shape index (κ1) is 15.5. The lowest BCUT2D eigenvalue weighted by atomic mass is 9.77. The van der Waals surface area contributed by atoms with Gasteiger partial charge in [0, 0.05) is 13.2 Å². The van der Waals surface area contributed by atoms with Gasteiger partial charge >= 0.3 is 0 Å². The van der Waals surface area contributed by atoms with Crippen LogP contribution in [0, 0.1) is 11.8 Å². The Bertz CT molecular complexity index is 281. The number of fused-ring (bicyclic) bond motifs is 1. The van der Waals surface area contributed by atoms with Gasteiger partial charge in [-0.3, -0.25) is 0 Å². The Morgan fingerprint density at radius 3 is 2.58 bits per heavy atom. The van der Waals surface area contributed by atoms with E-state index >= 15 is 0 Å². The summed E-state index contributed by atoms with van der Waals surface area (Å²) in [7, 11) is -0.293. The molecule has 4 heteroatoms. The van der Waals surface area contributed by atoms with Crippen molar-refractivity contribution < 1.29 is 14.2 Å². The molecule has 1 aliphatic carbocycles. The van der Waals surface area contributed by atoms with Crippen molar-refractivity contribution in [2.45, 2.75) is 70.6 Å². The van der Waals surface area contributed by atoms with Gasteiger partial charge in [0.2, 0.25) is 0 Å². The fourth-order valence-corrected chi connectivity index (χ4v) is 5.49. The van der Waals surface area contributed by atoms with E-state index in [0.717, 1.165) is 25.0 Å². The third kappa shape index (κ3) is 4.03. The minimum absolute atomic E-state index is 0.128. The van der Waals surface area contributed by atoms with Crippen LogP contribution < -0.4 is 0 Å². The molecular weight excluding hydrogens is 256 g/mol. The van der Waals surface area contributed by atoms with Crippen LogP contribution in [-0.2, 0) is 14.2 Å². The monoisotopic (exact) mass is 286 g/mol. The van der Waals surface area contributed by atoms with E-state index in [9.17, 15) is 0 Å². The van der Waals surface area contributed by atoms with Crippen molar-refractivity contribution in [1.82, 2.24) is 0 Å². The fraction of sp³-hybridized carbons (Fsp3) is 1.00. The standard InChI is InChI=1S/C15H30O3Si/c1-5-16-14(17-6-2)19-10-11(3)12-7-8-15(4)13(9-12)18-15/h11-14H,5-10,19H2,1-4H3. The van der Waals surface area contributed by atoms with E-state index in [1.54, 1.807) is 0 Å². The summed E-state index contributed by atoms with van der Waals surface area (Å²) in [6, 6.07) is 1.33. The average Bonchev–Trinajstić information content (AvgIpc) is 3.06. The molecule has 3 nitrogen and oxygen atoms in total. The molecule has 0 radical (unpaired) electrons. The Morgan fingerprint density at radius 1 is 1.32 bits per heavy atom. The molecule has 4 atom stereocenters. The molecule has 19 heavy (non-hydrogen) atoms. The number of rotatable bonds is 8. The van der Waals surface area contributed by atoms with Crippen LogP contribution in [0.2, 0.25) is 6.04 Å². The van der Waals surface area contributed by atoms with Gasteiger partial charge < -0.3 is 14.2 Å². The summed E-state index contributed by atoms with van der Waals surface area (Å²) < 4.78 is 17.2. The van der Waals surface area contributed by atoms with Crippen LogP contribution in [0.3, 0.4) is 0 Å². The van der Waals surface area contributed by atoms with Crippen LogP contribution in [0.25, 0.3) is 0 Å². The van der Waals surface area contributed by atoms with E-state index < -0.39 is 0 Å². The Kier molecular flexibility index (Phi) is 5.46. The third-order valence-corrected chi connectivity index (χ3v) is 7.12. The molecule has 1 saturated carbocycles. The van der Waals surface area contributed by atoms with Gasteiger partial charge in [0.15, 0.2) is 0 Å². The van der Waals surface area contributed by atoms with Gasteiger partial charge in [0.05, 0.1) is 21.2 Å². The van der Waals surface area contributed by atoms with E-state index in [1.165, 1.54) is 25.3 Å². The number of hydrogen-bond donors (Lipinski definition) is 0. The van der Waals surface area contributed by atoms with Crippen LogP contribution in [0.4, 0.5) is 0 Å². The van der Waals surface area contributed by atoms with Crippen molar-refractivity contribution in [3.05, 3.63) is 0 Å². The van der Waals surface area contributed by atoms with Gasteiger partial charge in [0.1, 0.15) is 5.91 Å². The molecular formula is C15H30O3Si. The smallest absolute Gasteiger partial charge is 0.134 e. The molecule has 0 N–H and O–H groups in total. The molecule has 1 heterocycles. The topological polar surface area (TPSA) is 31.0 Å². The predicted octanol–water partition coefficient (Wildman–Crippen LogP) is 2.52. The second kappa shape index (κ2) is 6.70. The largest absolute Gasteiger partial charge is 0.366 e. The van der Waals surface area contributed by atoms with Crippen LogP contribution in [0.15, 0.2) is 0 Å². The zero-order valence-electron chi connectivity index (χ0n) is 13.0. The molecule has 2 aliphatic rings. The molecule has 4 unspecified atom stereocenters. The maximum absolute atomic E-state index is 5.81. The van der Waals surface area contributed by atoms with Crippen LogP contribution >= 0.6 is 0 Å². The molecule has 0 aromatic heterocycles. The van der Waals surface area contributed by atoms with Gasteiger partial charge in [-0.25, -0.2) is 0 Å². The number of hydrogen-bond acceptors (Lipinski definition) is 3. The second-order valence-corrected chi connectivity index (χ2v) is 8.17. The van der Waals surface area contributed by atoms with Crippen LogP contribution in [-0.4, -0.2) is 40.4 Å². The summed E-state index contributed by atoms with van der Waals surface area (Å²) in [6.07, 6.45) is 4.44. The summed E-state index contributed by atoms with van der Waals surface area (Å²) >= 11 is 0. The summed E-state index contributed by atoms with van der Waals surface area (Å²) in [6.45, 7) is 10.3. The second-order valence-electron chi connectivity index (χ2n) is 6.35. The first-order valence-electron chi connectivity index (χ1n) is 8.00. The number of ether oxygens (including phenoxy) is 3. The van der Waals surface area contributed by atoms with Crippen LogP contribution in [0.1, 0.15) is 47.0 Å². The zero-order chi connectivity index (χ0) is 13.9. The van der Waals surface area contributed by atoms with E-state index in [0.29, 0.717) is 6.10 Å². The van der Waals surface area contributed by atoms with Gasteiger partial charge in [-0.2, -0.15) is 0 Å². The Hall–Kier alpha value is 0.0969. The third-order valence-electron chi connectivity index (χ3n) is 4.93. The Labute approximate surface area is 120 Å². The average molecular weight is 286 g/mol. The van der Waals surface area contributed by atoms with Gasteiger partial charge in [0.25, 0.3) is 0 Å². The maximum Gasteiger partial charge on any atom is 0.134 e. The SMILES string of the molecule is CCOC(OCC)[SiH2]CC(C)C1CCC2(C)OC2C1. The summed E-state index contributed by atoms with van der Waals surface area (Å²) in [5, 5.41) is 0. The lowest BCUT2D eigenvalue weighted by Gasteiger charge is -2.28. The zero-order valence-corrected chi connectivity index (χ0v) is 14.4. The number of epoxide rings is 1. The van der Waals surface area contributed by atoms with Crippen molar-refractivity contribution in [3.63, 3.8) is 0 Å². The molecule has 0 spiro atoms. The highest BCUT2D eigenvalue weighted by Gasteiger charge is 2.55.